The van der Waals surface area contributed by atoms with E-state index in [2.05, 4.69) is 13.0 Å². The average molecular weight is 281 g/mol. The first kappa shape index (κ1) is 15.6. The van der Waals surface area contributed by atoms with Crippen LogP contribution in [-0.4, -0.2) is 12.6 Å². The number of hydrogen-bond donors (Lipinski definition) is 2. The predicted octanol–water partition coefficient (Wildman–Crippen LogP) is 2.41. The molecule has 1 aromatic rings. The van der Waals surface area contributed by atoms with Crippen LogP contribution in [0.4, 0.5) is 0 Å². The van der Waals surface area contributed by atoms with E-state index in [-0.39, 0.29) is 18.3 Å². The summed E-state index contributed by atoms with van der Waals surface area (Å²) in [7, 11) is 1.68. The molecule has 0 saturated carbocycles. The molecule has 1 aliphatic carbocycles. The molecule has 3 nitrogen and oxygen atoms in total. The predicted molar refractivity (Wildman–Crippen MR) is 81.4 cm³/mol. The summed E-state index contributed by atoms with van der Waals surface area (Å²) in [6, 6.07) is 7.97. The topological polar surface area (TPSA) is 61.3 Å². The maximum Gasteiger partial charge on any atom is 0.122 e. The van der Waals surface area contributed by atoms with Gasteiger partial charge in [0, 0.05) is 11.2 Å². The summed E-state index contributed by atoms with van der Waals surface area (Å²) in [6.45, 7) is 2.09. The second-order valence-electron chi connectivity index (χ2n) is 4.89. The van der Waals surface area contributed by atoms with E-state index in [1.165, 1.54) is 0 Å². The monoisotopic (exact) mass is 280 g/mol. The highest BCUT2D eigenvalue weighted by molar-refractivity contribution is 5.85. The van der Waals surface area contributed by atoms with Crippen molar-refractivity contribution in [3.63, 3.8) is 0 Å². The molecule has 0 bridgehead atoms. The van der Waals surface area contributed by atoms with Gasteiger partial charge in [0.2, 0.25) is 0 Å². The van der Waals surface area contributed by atoms with Crippen molar-refractivity contribution in [2.45, 2.75) is 18.9 Å². The summed E-state index contributed by atoms with van der Waals surface area (Å²) in [5.41, 5.74) is 13.8. The third kappa shape index (κ3) is 3.31. The van der Waals surface area contributed by atoms with Crippen molar-refractivity contribution in [2.24, 2.45) is 17.4 Å². The molecule has 19 heavy (non-hydrogen) atoms. The van der Waals surface area contributed by atoms with Crippen molar-refractivity contribution in [3.8, 4) is 5.75 Å². The molecule has 4 heteroatoms. The Morgan fingerprint density at radius 3 is 2.63 bits per heavy atom. The molecule has 0 spiro atoms. The maximum absolute atomic E-state index is 6.48. The molecule has 104 valence electrons. The van der Waals surface area contributed by atoms with Gasteiger partial charge in [-0.15, -0.1) is 12.4 Å². The Balaban J connectivity index is 0.00000180. The van der Waals surface area contributed by atoms with E-state index in [9.17, 15) is 0 Å². The van der Waals surface area contributed by atoms with E-state index in [4.69, 9.17) is 16.2 Å². The minimum absolute atomic E-state index is 0. The van der Waals surface area contributed by atoms with Gasteiger partial charge in [-0.1, -0.05) is 37.3 Å². The smallest absolute Gasteiger partial charge is 0.122 e. The summed E-state index contributed by atoms with van der Waals surface area (Å²) in [5.74, 6) is 1.08. The Morgan fingerprint density at radius 2 is 2.00 bits per heavy atom. The van der Waals surface area contributed by atoms with Gasteiger partial charge in [0.15, 0.2) is 0 Å². The number of benzene rings is 1. The van der Waals surface area contributed by atoms with Gasteiger partial charge < -0.3 is 16.2 Å². The Labute approximate surface area is 120 Å². The number of allylic oxidation sites excluding steroid dienone is 1. The highest BCUT2D eigenvalue weighted by Gasteiger charge is 2.31. The fraction of sp³-hybridized carbons (Fsp3) is 0.333. The van der Waals surface area contributed by atoms with Gasteiger partial charge in [-0.3, -0.25) is 0 Å². The van der Waals surface area contributed by atoms with Crippen LogP contribution in [0.2, 0.25) is 0 Å². The number of methoxy groups -OCH3 is 1. The van der Waals surface area contributed by atoms with Crippen LogP contribution >= 0.6 is 12.4 Å². The lowest BCUT2D eigenvalue weighted by atomic mass is 9.77. The van der Waals surface area contributed by atoms with Crippen LogP contribution in [-0.2, 0) is 6.42 Å². The third-order valence-corrected chi connectivity index (χ3v) is 3.57. The fourth-order valence-electron chi connectivity index (χ4n) is 2.30. The molecule has 0 aromatic heterocycles. The Bertz CT molecular complexity index is 499. The van der Waals surface area contributed by atoms with Crippen molar-refractivity contribution in [1.29, 1.82) is 0 Å². The van der Waals surface area contributed by atoms with Gasteiger partial charge in [0.05, 0.1) is 7.11 Å². The van der Waals surface area contributed by atoms with Gasteiger partial charge in [-0.2, -0.15) is 0 Å². The highest BCUT2D eigenvalue weighted by atomic mass is 35.5. The summed E-state index contributed by atoms with van der Waals surface area (Å²) in [4.78, 5) is 0. The van der Waals surface area contributed by atoms with Crippen molar-refractivity contribution in [3.05, 3.63) is 53.8 Å². The van der Waals surface area contributed by atoms with Crippen LogP contribution in [0.15, 0.2) is 48.2 Å². The normalized spacial score (nSPS) is 25.4. The summed E-state index contributed by atoms with van der Waals surface area (Å²) in [6.07, 6.45) is 6.63. The van der Waals surface area contributed by atoms with E-state index in [0.717, 1.165) is 23.4 Å². The number of hydrogen-bond acceptors (Lipinski definition) is 3. The van der Waals surface area contributed by atoms with Crippen molar-refractivity contribution < 1.29 is 4.74 Å². The number of ether oxygens (including phenoxy) is 1. The molecular formula is C15H21ClN2O. The SMILES string of the molecule is COc1ccccc1CC1(N)C=CC(N)=CC1C.Cl. The number of rotatable bonds is 3. The lowest BCUT2D eigenvalue weighted by Crippen LogP contribution is -2.47. The van der Waals surface area contributed by atoms with Crippen LogP contribution in [0, 0.1) is 5.92 Å². The standard InChI is InChI=1S/C15H20N2O.ClH/c1-11-9-13(16)7-8-15(11,17)10-12-5-3-4-6-14(12)18-2;/h3-9,11H,10,16-17H2,1-2H3;1H. The Kier molecular flexibility index (Phi) is 5.04. The Morgan fingerprint density at radius 1 is 1.32 bits per heavy atom. The number of halogens is 1. The van der Waals surface area contributed by atoms with E-state index in [1.807, 2.05) is 36.4 Å². The highest BCUT2D eigenvalue weighted by Crippen LogP contribution is 2.30. The molecule has 0 heterocycles. The van der Waals surface area contributed by atoms with Gasteiger partial charge in [-0.25, -0.2) is 0 Å². The second-order valence-corrected chi connectivity index (χ2v) is 4.89. The molecule has 2 rings (SSSR count). The lowest BCUT2D eigenvalue weighted by Gasteiger charge is -2.34. The van der Waals surface area contributed by atoms with Crippen LogP contribution in [0.1, 0.15) is 12.5 Å². The largest absolute Gasteiger partial charge is 0.496 e. The zero-order valence-electron chi connectivity index (χ0n) is 11.3. The molecule has 0 aliphatic heterocycles. The third-order valence-electron chi connectivity index (χ3n) is 3.57. The number of para-hydroxylation sites is 1. The molecule has 0 radical (unpaired) electrons. The van der Waals surface area contributed by atoms with Gasteiger partial charge in [-0.05, 0) is 30.0 Å². The van der Waals surface area contributed by atoms with Gasteiger partial charge in [0.25, 0.3) is 0 Å². The van der Waals surface area contributed by atoms with Crippen LogP contribution < -0.4 is 16.2 Å². The molecule has 0 fully saturated rings. The summed E-state index contributed by atoms with van der Waals surface area (Å²) < 4.78 is 5.37. The second kappa shape index (κ2) is 6.13. The van der Waals surface area contributed by atoms with E-state index in [0.29, 0.717) is 0 Å². The summed E-state index contributed by atoms with van der Waals surface area (Å²) in [5, 5.41) is 0. The molecular weight excluding hydrogens is 260 g/mol. The first-order valence-corrected chi connectivity index (χ1v) is 6.12. The molecule has 1 aromatic carbocycles. The van der Waals surface area contributed by atoms with E-state index >= 15 is 0 Å². The average Bonchev–Trinajstić information content (AvgIpc) is 2.35. The Hall–Kier alpha value is -1.45. The van der Waals surface area contributed by atoms with E-state index in [1.54, 1.807) is 7.11 Å². The van der Waals surface area contributed by atoms with Gasteiger partial charge in [0.1, 0.15) is 5.75 Å². The van der Waals surface area contributed by atoms with Gasteiger partial charge >= 0.3 is 0 Å². The zero-order chi connectivity index (χ0) is 13.2. The first-order valence-electron chi connectivity index (χ1n) is 6.12. The van der Waals surface area contributed by atoms with E-state index < -0.39 is 5.54 Å². The number of nitrogens with two attached hydrogens (primary N) is 2. The molecule has 0 saturated heterocycles. The van der Waals surface area contributed by atoms with Crippen LogP contribution in [0.5, 0.6) is 5.75 Å². The van der Waals surface area contributed by atoms with Crippen molar-refractivity contribution >= 4 is 12.4 Å². The molecule has 4 N–H and O–H groups in total. The molecule has 0 amide bonds. The fourth-order valence-corrected chi connectivity index (χ4v) is 2.30. The lowest BCUT2D eigenvalue weighted by molar-refractivity contribution is 0.383. The quantitative estimate of drug-likeness (QED) is 0.894. The minimum atomic E-state index is -0.405. The van der Waals surface area contributed by atoms with Crippen molar-refractivity contribution in [2.75, 3.05) is 7.11 Å². The molecule has 1 aliphatic rings. The van der Waals surface area contributed by atoms with Crippen molar-refractivity contribution in [1.82, 2.24) is 0 Å². The molecule has 2 unspecified atom stereocenters. The minimum Gasteiger partial charge on any atom is -0.496 e. The maximum atomic E-state index is 6.48. The molecule has 2 atom stereocenters. The first-order chi connectivity index (χ1) is 8.55. The van der Waals surface area contributed by atoms with Crippen LogP contribution in [0.25, 0.3) is 0 Å². The summed E-state index contributed by atoms with van der Waals surface area (Å²) >= 11 is 0. The zero-order valence-corrected chi connectivity index (χ0v) is 12.1. The van der Waals surface area contributed by atoms with Crippen LogP contribution in [0.3, 0.4) is 0 Å².